The van der Waals surface area contributed by atoms with E-state index in [4.69, 9.17) is 4.74 Å². The van der Waals surface area contributed by atoms with Crippen LogP contribution in [0, 0.1) is 0 Å². The summed E-state index contributed by atoms with van der Waals surface area (Å²) in [6.07, 6.45) is 0.999. The molecule has 1 unspecified atom stereocenters. The maximum Gasteiger partial charge on any atom is 0.296 e. The van der Waals surface area contributed by atoms with Gasteiger partial charge in [-0.3, -0.25) is 9.59 Å². The topological polar surface area (TPSA) is 58.6 Å². The summed E-state index contributed by atoms with van der Waals surface area (Å²) >= 11 is 0. The van der Waals surface area contributed by atoms with Gasteiger partial charge in [0, 0.05) is 19.3 Å². The van der Waals surface area contributed by atoms with Crippen molar-refractivity contribution in [1.82, 2.24) is 0 Å². The van der Waals surface area contributed by atoms with Gasteiger partial charge in [0.1, 0.15) is 0 Å². The Morgan fingerprint density at radius 2 is 2.22 bits per heavy atom. The molecule has 0 aromatic heterocycles. The number of ketones is 1. The zero-order valence-corrected chi connectivity index (χ0v) is 10.1. The molecule has 0 spiro atoms. The molecule has 0 radical (unpaired) electrons. The Bertz CT molecular complexity index is 521. The molecule has 1 aromatic carbocycles. The number of nitrogens with one attached hydrogen (secondary N) is 1. The van der Waals surface area contributed by atoms with Crippen LogP contribution in [0.1, 0.15) is 16.8 Å². The summed E-state index contributed by atoms with van der Waals surface area (Å²) in [5, 5.41) is 2.59. The smallest absolute Gasteiger partial charge is 0.296 e. The second-order valence-corrected chi connectivity index (χ2v) is 4.64. The van der Waals surface area contributed by atoms with E-state index in [2.05, 4.69) is 10.2 Å². The van der Waals surface area contributed by atoms with E-state index < -0.39 is 11.7 Å². The first kappa shape index (κ1) is 11.2. The maximum atomic E-state index is 11.5. The first-order chi connectivity index (χ1) is 8.66. The lowest BCUT2D eigenvalue weighted by Crippen LogP contribution is -2.31. The summed E-state index contributed by atoms with van der Waals surface area (Å²) in [4.78, 5) is 24.9. The van der Waals surface area contributed by atoms with E-state index in [0.29, 0.717) is 17.3 Å². The highest BCUT2D eigenvalue weighted by Crippen LogP contribution is 2.29. The normalized spacial score (nSPS) is 21.9. The van der Waals surface area contributed by atoms with Crippen molar-refractivity contribution in [2.75, 3.05) is 30.5 Å². The minimum absolute atomic E-state index is 0.357. The van der Waals surface area contributed by atoms with Crippen molar-refractivity contribution in [2.24, 2.45) is 0 Å². The van der Waals surface area contributed by atoms with E-state index in [9.17, 15) is 9.59 Å². The first-order valence-corrected chi connectivity index (χ1v) is 5.97. The standard InChI is InChI=1S/C13H14N2O3/c1-15(9-4-5-18-7-9)8-2-3-10-11(6-8)14-13(17)12(10)16/h2-3,6,9H,4-5,7H2,1H3,(H,14,16,17). The van der Waals surface area contributed by atoms with Crippen molar-refractivity contribution < 1.29 is 14.3 Å². The van der Waals surface area contributed by atoms with Gasteiger partial charge in [-0.1, -0.05) is 0 Å². The van der Waals surface area contributed by atoms with Gasteiger partial charge >= 0.3 is 0 Å². The maximum absolute atomic E-state index is 11.5. The SMILES string of the molecule is CN(c1ccc2c(c1)NC(=O)C2=O)C1CCOC1. The molecule has 1 aromatic rings. The van der Waals surface area contributed by atoms with Gasteiger partial charge in [0.25, 0.3) is 11.7 Å². The van der Waals surface area contributed by atoms with Crippen LogP contribution in [0.3, 0.4) is 0 Å². The van der Waals surface area contributed by atoms with Crippen molar-refractivity contribution >= 4 is 23.1 Å². The third-order valence-electron chi connectivity index (χ3n) is 3.56. The van der Waals surface area contributed by atoms with Gasteiger partial charge in [-0.15, -0.1) is 0 Å². The average molecular weight is 246 g/mol. The van der Waals surface area contributed by atoms with Gasteiger partial charge in [0.15, 0.2) is 0 Å². The van der Waals surface area contributed by atoms with Crippen LogP contribution in [-0.4, -0.2) is 38.0 Å². The summed E-state index contributed by atoms with van der Waals surface area (Å²) in [6, 6.07) is 5.78. The second kappa shape index (κ2) is 4.10. The molecule has 94 valence electrons. The Balaban J connectivity index is 1.89. The Morgan fingerprint density at radius 3 is 2.94 bits per heavy atom. The molecule has 5 nitrogen and oxygen atoms in total. The fourth-order valence-electron chi connectivity index (χ4n) is 2.39. The number of rotatable bonds is 2. The lowest BCUT2D eigenvalue weighted by Gasteiger charge is -2.25. The van der Waals surface area contributed by atoms with Crippen LogP contribution in [-0.2, 0) is 9.53 Å². The molecule has 2 aliphatic heterocycles. The molecular formula is C13H14N2O3. The van der Waals surface area contributed by atoms with Crippen LogP contribution in [0.4, 0.5) is 11.4 Å². The third kappa shape index (κ3) is 1.67. The lowest BCUT2D eigenvalue weighted by molar-refractivity contribution is -0.112. The average Bonchev–Trinajstić information content (AvgIpc) is 2.98. The highest BCUT2D eigenvalue weighted by Gasteiger charge is 2.29. The number of anilines is 2. The number of Topliss-reactive ketones (excluding diaryl/α,β-unsaturated/α-hetero) is 1. The number of nitrogens with zero attached hydrogens (tertiary/aromatic N) is 1. The molecule has 1 N–H and O–H groups in total. The third-order valence-corrected chi connectivity index (χ3v) is 3.56. The zero-order valence-electron chi connectivity index (χ0n) is 10.1. The molecule has 0 bridgehead atoms. The minimum atomic E-state index is -0.547. The van der Waals surface area contributed by atoms with Crippen molar-refractivity contribution in [2.45, 2.75) is 12.5 Å². The van der Waals surface area contributed by atoms with Gasteiger partial charge in [-0.25, -0.2) is 0 Å². The number of carbonyl (C=O) groups is 2. The van der Waals surface area contributed by atoms with E-state index in [0.717, 1.165) is 25.3 Å². The van der Waals surface area contributed by atoms with Crippen LogP contribution in [0.5, 0.6) is 0 Å². The molecule has 2 aliphatic rings. The van der Waals surface area contributed by atoms with Crippen LogP contribution in [0.25, 0.3) is 0 Å². The highest BCUT2D eigenvalue weighted by molar-refractivity contribution is 6.51. The van der Waals surface area contributed by atoms with Gasteiger partial charge in [0.05, 0.1) is 23.9 Å². The Kier molecular flexibility index (Phi) is 2.56. The number of carbonyl (C=O) groups excluding carboxylic acids is 2. The van der Waals surface area contributed by atoms with Gasteiger partial charge in [-0.05, 0) is 24.6 Å². The number of hydrogen-bond acceptors (Lipinski definition) is 4. The molecule has 1 atom stereocenters. The lowest BCUT2D eigenvalue weighted by atomic mass is 10.1. The van der Waals surface area contributed by atoms with E-state index in [1.807, 2.05) is 19.2 Å². The summed E-state index contributed by atoms with van der Waals surface area (Å²) in [6.45, 7) is 1.51. The number of benzene rings is 1. The molecule has 2 heterocycles. The van der Waals surface area contributed by atoms with Crippen LogP contribution < -0.4 is 10.2 Å². The first-order valence-electron chi connectivity index (χ1n) is 5.97. The largest absolute Gasteiger partial charge is 0.379 e. The predicted molar refractivity (Wildman–Crippen MR) is 67.0 cm³/mol. The molecule has 5 heteroatoms. The minimum Gasteiger partial charge on any atom is -0.379 e. The highest BCUT2D eigenvalue weighted by atomic mass is 16.5. The van der Waals surface area contributed by atoms with Crippen LogP contribution in [0.2, 0.25) is 0 Å². The Hall–Kier alpha value is -1.88. The van der Waals surface area contributed by atoms with E-state index in [1.54, 1.807) is 6.07 Å². The van der Waals surface area contributed by atoms with Gasteiger partial charge in [-0.2, -0.15) is 0 Å². The monoisotopic (exact) mass is 246 g/mol. The van der Waals surface area contributed by atoms with Crippen LogP contribution >= 0.6 is 0 Å². The predicted octanol–water partition coefficient (Wildman–Crippen LogP) is 1.05. The Labute approximate surface area is 105 Å². The fourth-order valence-corrected chi connectivity index (χ4v) is 2.39. The van der Waals surface area contributed by atoms with Crippen molar-refractivity contribution in [3.63, 3.8) is 0 Å². The van der Waals surface area contributed by atoms with Crippen molar-refractivity contribution in [3.8, 4) is 0 Å². The number of hydrogen-bond donors (Lipinski definition) is 1. The number of fused-ring (bicyclic) bond motifs is 1. The summed E-state index contributed by atoms with van der Waals surface area (Å²) in [5.74, 6) is -1.00. The van der Waals surface area contributed by atoms with Gasteiger partial charge in [0.2, 0.25) is 0 Å². The summed E-state index contributed by atoms with van der Waals surface area (Å²) in [7, 11) is 2.00. The summed E-state index contributed by atoms with van der Waals surface area (Å²) < 4.78 is 5.36. The number of amides is 1. The molecule has 1 saturated heterocycles. The molecule has 0 saturated carbocycles. The van der Waals surface area contributed by atoms with Crippen molar-refractivity contribution in [1.29, 1.82) is 0 Å². The van der Waals surface area contributed by atoms with Gasteiger partial charge < -0.3 is 15.0 Å². The Morgan fingerprint density at radius 1 is 1.39 bits per heavy atom. The molecule has 1 fully saturated rings. The number of ether oxygens (including phenoxy) is 1. The van der Waals surface area contributed by atoms with E-state index in [1.165, 1.54) is 0 Å². The summed E-state index contributed by atoms with van der Waals surface area (Å²) in [5.41, 5.74) is 2.05. The molecule has 1 amide bonds. The second-order valence-electron chi connectivity index (χ2n) is 4.64. The van der Waals surface area contributed by atoms with E-state index in [-0.39, 0.29) is 0 Å². The quantitative estimate of drug-likeness (QED) is 0.792. The molecule has 18 heavy (non-hydrogen) atoms. The van der Waals surface area contributed by atoms with E-state index >= 15 is 0 Å². The zero-order chi connectivity index (χ0) is 12.7. The fraction of sp³-hybridized carbons (Fsp3) is 0.385. The number of likely N-dealkylation sites (N-methyl/N-ethyl adjacent to an activating group) is 1. The van der Waals surface area contributed by atoms with Crippen molar-refractivity contribution in [3.05, 3.63) is 23.8 Å². The molecule has 0 aliphatic carbocycles. The molecule has 3 rings (SSSR count). The van der Waals surface area contributed by atoms with Crippen LogP contribution in [0.15, 0.2) is 18.2 Å². The molecular weight excluding hydrogens is 232 g/mol.